The van der Waals surface area contributed by atoms with Gasteiger partial charge in [0.2, 0.25) is 0 Å². The van der Waals surface area contributed by atoms with Gasteiger partial charge in [0, 0.05) is 0 Å². The molecule has 0 radical (unpaired) electrons. The molecule has 0 rings (SSSR count). The molecule has 0 aromatic carbocycles. The summed E-state index contributed by atoms with van der Waals surface area (Å²) in [6, 6.07) is 0. The smallest absolute Gasteiger partial charge is 1.00 e. The van der Waals surface area contributed by atoms with Crippen LogP contribution in [-0.4, -0.2) is 31.4 Å². The monoisotopic (exact) mass is 182 g/mol. The van der Waals surface area contributed by atoms with Gasteiger partial charge < -0.3 is 6.90 Å². The molecule has 4 N–H and O–H groups in total. The number of carbonyl (C=O) groups is 2. The van der Waals surface area contributed by atoms with Crippen LogP contribution in [0.5, 0.6) is 0 Å². The second kappa shape index (κ2) is 22.8. The molecule has 8 heteroatoms. The molecule has 0 saturated carbocycles. The summed E-state index contributed by atoms with van der Waals surface area (Å²) in [5.74, 6) is 0. The van der Waals surface area contributed by atoms with Crippen LogP contribution in [-0.2, 0) is 21.0 Å². The first kappa shape index (κ1) is 22.4. The minimum Gasteiger partial charge on any atom is -1.00 e. The fourth-order valence-corrected chi connectivity index (χ4v) is 0. The van der Waals surface area contributed by atoms with E-state index < -0.39 is 11.4 Å². The van der Waals surface area contributed by atoms with Gasteiger partial charge in [0.05, 0.1) is 0 Å². The van der Waals surface area contributed by atoms with E-state index in [0.29, 0.717) is 0 Å². The second-order valence-electron chi connectivity index (χ2n) is 0.503. The third kappa shape index (κ3) is 242. The summed E-state index contributed by atoms with van der Waals surface area (Å²) in [6.07, 6.45) is 0.389. The van der Waals surface area contributed by atoms with Crippen LogP contribution in [0, 0.1) is 0 Å². The SMILES string of the molecule is O.O=CC=O.O=S(O)O.[H-].[Na+]. The van der Waals surface area contributed by atoms with Crippen molar-refractivity contribution in [3.63, 3.8) is 0 Å². The van der Waals surface area contributed by atoms with Gasteiger partial charge in [-0.25, -0.2) is 0 Å². The Morgan fingerprint density at radius 3 is 1.30 bits per heavy atom. The van der Waals surface area contributed by atoms with Crippen LogP contribution in [0.3, 0.4) is 0 Å². The molecule has 0 spiro atoms. The molecule has 0 heterocycles. The molecule has 0 atom stereocenters. The summed E-state index contributed by atoms with van der Waals surface area (Å²) in [5, 5.41) is 0. The molecule has 58 valence electrons. The minimum atomic E-state index is -2.61. The Kier molecular flexibility index (Phi) is 51.1. The Bertz CT molecular complexity index is 88.6. The van der Waals surface area contributed by atoms with Gasteiger partial charge in [0.25, 0.3) is 11.4 Å². The van der Waals surface area contributed by atoms with Crippen molar-refractivity contribution in [1.29, 1.82) is 0 Å². The molecule has 0 aliphatic heterocycles. The molecule has 0 unspecified atom stereocenters. The molecular weight excluding hydrogens is 175 g/mol. The van der Waals surface area contributed by atoms with Crippen molar-refractivity contribution in [2.24, 2.45) is 0 Å². The van der Waals surface area contributed by atoms with Crippen LogP contribution >= 0.6 is 0 Å². The van der Waals surface area contributed by atoms with Crippen LogP contribution in [0.2, 0.25) is 0 Å². The molecule has 0 bridgehead atoms. The quantitative estimate of drug-likeness (QED) is 0.183. The third-order valence-corrected chi connectivity index (χ3v) is 0.0556. The summed E-state index contributed by atoms with van der Waals surface area (Å²) in [6.45, 7) is 0. The maximum atomic E-state index is 8.81. The minimum absolute atomic E-state index is 0. The fourth-order valence-electron chi connectivity index (χ4n) is 0. The van der Waals surface area contributed by atoms with Crippen molar-refractivity contribution < 1.29 is 59.4 Å². The number of hydrogen-bond acceptors (Lipinski definition) is 3. The number of aldehydes is 2. The Labute approximate surface area is 83.2 Å². The van der Waals surface area contributed by atoms with Gasteiger partial charge in [-0.1, -0.05) is 0 Å². The largest absolute Gasteiger partial charge is 1.00 e. The third-order valence-electron chi connectivity index (χ3n) is 0.0556. The van der Waals surface area contributed by atoms with Crippen molar-refractivity contribution in [3.05, 3.63) is 0 Å². The maximum absolute atomic E-state index is 8.81. The molecule has 0 saturated heterocycles. The van der Waals surface area contributed by atoms with Crippen LogP contribution in [0.1, 0.15) is 1.43 Å². The zero-order valence-electron chi connectivity index (χ0n) is 6.18. The maximum Gasteiger partial charge on any atom is 1.00 e. The van der Waals surface area contributed by atoms with Gasteiger partial charge in [0.1, 0.15) is 0 Å². The summed E-state index contributed by atoms with van der Waals surface area (Å²) in [7, 11) is 0. The van der Waals surface area contributed by atoms with E-state index in [0.717, 1.165) is 0 Å². The van der Waals surface area contributed by atoms with E-state index in [9.17, 15) is 0 Å². The van der Waals surface area contributed by atoms with Gasteiger partial charge in [-0.05, 0) is 0 Å². The number of rotatable bonds is 1. The first-order chi connectivity index (χ1) is 3.65. The first-order valence-electron chi connectivity index (χ1n) is 1.34. The van der Waals surface area contributed by atoms with Gasteiger partial charge >= 0.3 is 29.6 Å². The van der Waals surface area contributed by atoms with Crippen molar-refractivity contribution in [2.75, 3.05) is 0 Å². The van der Waals surface area contributed by atoms with E-state index in [1.807, 2.05) is 0 Å². The van der Waals surface area contributed by atoms with E-state index in [1.54, 1.807) is 0 Å². The average Bonchev–Trinajstić information content (AvgIpc) is 1.65. The van der Waals surface area contributed by atoms with E-state index >= 15 is 0 Å². The molecule has 0 amide bonds. The molecule has 0 aromatic heterocycles. The van der Waals surface area contributed by atoms with Gasteiger partial charge in [-0.2, -0.15) is 4.21 Å². The molecule has 0 aromatic rings. The van der Waals surface area contributed by atoms with Gasteiger partial charge in [-0.15, -0.1) is 0 Å². The Balaban J connectivity index is -0.0000000171. The van der Waals surface area contributed by atoms with Crippen molar-refractivity contribution >= 4 is 23.9 Å². The molecule has 0 fully saturated rings. The molecular formula is C2H7NaO6S. The van der Waals surface area contributed by atoms with E-state index in [2.05, 4.69) is 0 Å². The fraction of sp³-hybridized carbons (Fsp3) is 0. The second-order valence-corrected chi connectivity index (χ2v) is 0.964. The van der Waals surface area contributed by atoms with Crippen LogP contribution in [0.4, 0.5) is 0 Å². The summed E-state index contributed by atoms with van der Waals surface area (Å²) >= 11 is -2.61. The van der Waals surface area contributed by atoms with Crippen LogP contribution < -0.4 is 29.6 Å². The van der Waals surface area contributed by atoms with Gasteiger partial charge in [-0.3, -0.25) is 18.7 Å². The van der Waals surface area contributed by atoms with Gasteiger partial charge in [0.15, 0.2) is 12.6 Å². The van der Waals surface area contributed by atoms with E-state index in [-0.39, 0.29) is 49.0 Å². The number of carbonyl (C=O) groups excluding carboxylic acids is 2. The van der Waals surface area contributed by atoms with Crippen molar-refractivity contribution in [3.8, 4) is 0 Å². The van der Waals surface area contributed by atoms with E-state index in [1.165, 1.54) is 0 Å². The Hall–Kier alpha value is 0.370. The first-order valence-corrected chi connectivity index (χ1v) is 2.40. The number of hydrogen-bond donors (Lipinski definition) is 2. The molecule has 10 heavy (non-hydrogen) atoms. The topological polar surface area (TPSA) is 123 Å². The summed E-state index contributed by atoms with van der Waals surface area (Å²) in [5.41, 5.74) is 0. The van der Waals surface area contributed by atoms with E-state index in [4.69, 9.17) is 22.9 Å². The van der Waals surface area contributed by atoms with Crippen LogP contribution in [0.25, 0.3) is 0 Å². The predicted octanol–water partition coefficient (Wildman–Crippen LogP) is -4.64. The molecule has 0 aliphatic carbocycles. The van der Waals surface area contributed by atoms with Crippen molar-refractivity contribution in [2.45, 2.75) is 0 Å². The molecule has 0 aliphatic rings. The predicted molar refractivity (Wildman–Crippen MR) is 30.3 cm³/mol. The Morgan fingerprint density at radius 2 is 1.30 bits per heavy atom. The van der Waals surface area contributed by atoms with Crippen molar-refractivity contribution in [1.82, 2.24) is 0 Å². The average molecular weight is 182 g/mol. The summed E-state index contributed by atoms with van der Waals surface area (Å²) < 4.78 is 22.8. The normalized spacial score (nSPS) is 5.50. The zero-order chi connectivity index (χ0) is 6.99. The Morgan fingerprint density at radius 1 is 1.20 bits per heavy atom. The molecule has 6 nitrogen and oxygen atoms in total. The standard InChI is InChI=1S/C2H2O2.Na.H2O3S.H2O.H/c3-1-2-4;;1-4(2)3;;/h1-2H;;(H2,1,2,3);1H2;/q;+1;;;-1. The van der Waals surface area contributed by atoms with Crippen LogP contribution in [0.15, 0.2) is 0 Å². The summed E-state index contributed by atoms with van der Waals surface area (Å²) in [4.78, 5) is 17.6. The zero-order valence-corrected chi connectivity index (χ0v) is 8.00.